The van der Waals surface area contributed by atoms with Crippen LogP contribution < -0.4 is 0 Å². The summed E-state index contributed by atoms with van der Waals surface area (Å²) in [4.78, 5) is 0. The van der Waals surface area contributed by atoms with E-state index in [1.165, 1.54) is 5.56 Å². The van der Waals surface area contributed by atoms with Gasteiger partial charge in [0, 0.05) is 5.02 Å². The highest BCUT2D eigenvalue weighted by atomic mass is 35.5. The van der Waals surface area contributed by atoms with Crippen molar-refractivity contribution in [2.24, 2.45) is 0 Å². The summed E-state index contributed by atoms with van der Waals surface area (Å²) < 4.78 is 0. The molecule has 0 bridgehead atoms. The Bertz CT molecular complexity index is 318. The molecule has 1 atom stereocenters. The normalized spacial score (nSPS) is 27.2. The van der Waals surface area contributed by atoms with Gasteiger partial charge >= 0.3 is 0 Å². The second-order valence-corrected chi connectivity index (χ2v) is 4.01. The van der Waals surface area contributed by atoms with Gasteiger partial charge in [-0.25, -0.2) is 0 Å². The summed E-state index contributed by atoms with van der Waals surface area (Å²) in [5.74, 6) is 0. The molecule has 0 aliphatic heterocycles. The fourth-order valence-electron chi connectivity index (χ4n) is 1.78. The summed E-state index contributed by atoms with van der Waals surface area (Å²) >= 11 is 5.84. The zero-order valence-electron chi connectivity index (χ0n) is 6.97. The van der Waals surface area contributed by atoms with E-state index in [1.54, 1.807) is 0 Å². The van der Waals surface area contributed by atoms with Crippen molar-refractivity contribution in [3.05, 3.63) is 34.3 Å². The molecule has 0 spiro atoms. The molecule has 0 heterocycles. The number of aryl methyl sites for hydroxylation is 1. The van der Waals surface area contributed by atoms with Crippen molar-refractivity contribution in [3.8, 4) is 0 Å². The first-order valence-electron chi connectivity index (χ1n) is 4.11. The van der Waals surface area contributed by atoms with Crippen LogP contribution in [-0.2, 0) is 12.0 Å². The van der Waals surface area contributed by atoms with Gasteiger partial charge in [-0.2, -0.15) is 0 Å². The van der Waals surface area contributed by atoms with Crippen LogP contribution in [0.5, 0.6) is 0 Å². The van der Waals surface area contributed by atoms with Gasteiger partial charge in [0.25, 0.3) is 0 Å². The van der Waals surface area contributed by atoms with Crippen LogP contribution in [-0.4, -0.2) is 5.11 Å². The molecule has 0 saturated heterocycles. The number of hydrogen-bond donors (Lipinski definition) is 1. The van der Waals surface area contributed by atoms with Crippen molar-refractivity contribution in [1.82, 2.24) is 0 Å². The summed E-state index contributed by atoms with van der Waals surface area (Å²) in [6.45, 7) is 1.84. The van der Waals surface area contributed by atoms with Crippen LogP contribution in [0.4, 0.5) is 0 Å². The van der Waals surface area contributed by atoms with Crippen molar-refractivity contribution >= 4 is 11.6 Å². The molecule has 0 amide bonds. The quantitative estimate of drug-likeness (QED) is 0.654. The zero-order chi connectivity index (χ0) is 8.77. The SMILES string of the molecule is CC1(O)CCc2ccc(Cl)cc21. The molecular weight excluding hydrogens is 172 g/mol. The second-order valence-electron chi connectivity index (χ2n) is 3.58. The first-order valence-corrected chi connectivity index (χ1v) is 4.49. The molecule has 0 saturated carbocycles. The second kappa shape index (κ2) is 2.48. The van der Waals surface area contributed by atoms with Gasteiger partial charge in [-0.05, 0) is 43.0 Å². The van der Waals surface area contributed by atoms with E-state index >= 15 is 0 Å². The molecule has 1 N–H and O–H groups in total. The minimum atomic E-state index is -0.666. The van der Waals surface area contributed by atoms with Gasteiger partial charge in [-0.1, -0.05) is 17.7 Å². The lowest BCUT2D eigenvalue weighted by Gasteiger charge is -2.17. The minimum absolute atomic E-state index is 0.666. The predicted octanol–water partition coefficient (Wildman–Crippen LogP) is 2.49. The molecule has 1 aliphatic rings. The highest BCUT2D eigenvalue weighted by Crippen LogP contribution is 2.37. The summed E-state index contributed by atoms with van der Waals surface area (Å²) in [6, 6.07) is 5.74. The third kappa shape index (κ3) is 1.13. The molecule has 0 aromatic heterocycles. The molecule has 1 aromatic carbocycles. The van der Waals surface area contributed by atoms with Crippen LogP contribution in [0.3, 0.4) is 0 Å². The highest BCUT2D eigenvalue weighted by molar-refractivity contribution is 6.30. The molecule has 1 aromatic rings. The summed E-state index contributed by atoms with van der Waals surface area (Å²) in [6.07, 6.45) is 1.77. The average Bonchev–Trinajstić information content (AvgIpc) is 2.28. The molecule has 0 fully saturated rings. The number of benzene rings is 1. The van der Waals surface area contributed by atoms with Crippen LogP contribution in [0.25, 0.3) is 0 Å². The molecular formula is C10H11ClO. The van der Waals surface area contributed by atoms with E-state index in [-0.39, 0.29) is 0 Å². The van der Waals surface area contributed by atoms with Crippen LogP contribution in [0, 0.1) is 0 Å². The average molecular weight is 183 g/mol. The third-order valence-corrected chi connectivity index (χ3v) is 2.77. The van der Waals surface area contributed by atoms with Gasteiger partial charge in [0.15, 0.2) is 0 Å². The van der Waals surface area contributed by atoms with Crippen LogP contribution >= 0.6 is 11.6 Å². The summed E-state index contributed by atoms with van der Waals surface area (Å²) in [5.41, 5.74) is 1.56. The molecule has 2 heteroatoms. The van der Waals surface area contributed by atoms with Crippen LogP contribution in [0.1, 0.15) is 24.5 Å². The van der Waals surface area contributed by atoms with Gasteiger partial charge in [-0.3, -0.25) is 0 Å². The Morgan fingerprint density at radius 1 is 1.50 bits per heavy atom. The van der Waals surface area contributed by atoms with Crippen LogP contribution in [0.15, 0.2) is 18.2 Å². The van der Waals surface area contributed by atoms with Crippen molar-refractivity contribution < 1.29 is 5.11 Å². The van der Waals surface area contributed by atoms with Gasteiger partial charge in [0.1, 0.15) is 0 Å². The number of fused-ring (bicyclic) bond motifs is 1. The molecule has 64 valence electrons. The molecule has 1 aliphatic carbocycles. The number of aliphatic hydroxyl groups is 1. The minimum Gasteiger partial charge on any atom is -0.385 e. The lowest BCUT2D eigenvalue weighted by atomic mass is 9.99. The maximum atomic E-state index is 9.91. The molecule has 1 unspecified atom stereocenters. The van der Waals surface area contributed by atoms with E-state index in [0.29, 0.717) is 5.02 Å². The Labute approximate surface area is 77.0 Å². The van der Waals surface area contributed by atoms with Crippen molar-refractivity contribution in [1.29, 1.82) is 0 Å². The lowest BCUT2D eigenvalue weighted by Crippen LogP contribution is -2.16. The molecule has 2 rings (SSSR count). The standard InChI is InChI=1S/C10H11ClO/c1-10(12)5-4-7-2-3-8(11)6-9(7)10/h2-3,6,12H,4-5H2,1H3. The smallest absolute Gasteiger partial charge is 0.0874 e. The van der Waals surface area contributed by atoms with Crippen molar-refractivity contribution in [2.45, 2.75) is 25.4 Å². The highest BCUT2D eigenvalue weighted by Gasteiger charge is 2.31. The Hall–Kier alpha value is -0.530. The summed E-state index contributed by atoms with van der Waals surface area (Å²) in [5, 5.41) is 10.6. The third-order valence-electron chi connectivity index (χ3n) is 2.53. The van der Waals surface area contributed by atoms with E-state index in [0.717, 1.165) is 18.4 Å². The number of rotatable bonds is 0. The molecule has 12 heavy (non-hydrogen) atoms. The van der Waals surface area contributed by atoms with Crippen molar-refractivity contribution in [2.75, 3.05) is 0 Å². The number of halogens is 1. The Kier molecular flexibility index (Phi) is 1.67. The van der Waals surface area contributed by atoms with E-state index in [2.05, 4.69) is 0 Å². The first-order chi connectivity index (χ1) is 5.59. The van der Waals surface area contributed by atoms with Gasteiger partial charge < -0.3 is 5.11 Å². The van der Waals surface area contributed by atoms with E-state index in [1.807, 2.05) is 25.1 Å². The zero-order valence-corrected chi connectivity index (χ0v) is 7.73. The van der Waals surface area contributed by atoms with E-state index in [4.69, 9.17) is 11.6 Å². The van der Waals surface area contributed by atoms with Crippen molar-refractivity contribution in [3.63, 3.8) is 0 Å². The maximum absolute atomic E-state index is 9.91. The lowest BCUT2D eigenvalue weighted by molar-refractivity contribution is 0.0595. The monoisotopic (exact) mass is 182 g/mol. The predicted molar refractivity (Wildman–Crippen MR) is 49.3 cm³/mol. The topological polar surface area (TPSA) is 20.2 Å². The first kappa shape index (κ1) is 8.09. The Morgan fingerprint density at radius 3 is 3.00 bits per heavy atom. The fourth-order valence-corrected chi connectivity index (χ4v) is 1.95. The molecule has 0 radical (unpaired) electrons. The van der Waals surface area contributed by atoms with Crippen LogP contribution in [0.2, 0.25) is 5.02 Å². The van der Waals surface area contributed by atoms with Gasteiger partial charge in [0.05, 0.1) is 5.60 Å². The van der Waals surface area contributed by atoms with E-state index < -0.39 is 5.60 Å². The van der Waals surface area contributed by atoms with E-state index in [9.17, 15) is 5.11 Å². The number of hydrogen-bond acceptors (Lipinski definition) is 1. The van der Waals surface area contributed by atoms with Gasteiger partial charge in [-0.15, -0.1) is 0 Å². The van der Waals surface area contributed by atoms with Gasteiger partial charge in [0.2, 0.25) is 0 Å². The Morgan fingerprint density at radius 2 is 2.25 bits per heavy atom. The fraction of sp³-hybridized carbons (Fsp3) is 0.400. The summed E-state index contributed by atoms with van der Waals surface area (Å²) in [7, 11) is 0. The Balaban J connectivity index is 2.57. The largest absolute Gasteiger partial charge is 0.385 e. The maximum Gasteiger partial charge on any atom is 0.0874 e. The molecule has 1 nitrogen and oxygen atoms in total.